The minimum Gasteiger partial charge on any atom is -0.308 e. The molecule has 0 aliphatic heterocycles. The van der Waals surface area contributed by atoms with Crippen molar-refractivity contribution < 1.29 is 1.37 Å². The number of hydrogen-bond donors (Lipinski definition) is 2. The maximum atomic E-state index is 7.00. The van der Waals surface area contributed by atoms with Gasteiger partial charge >= 0.3 is 0 Å². The second-order valence-electron chi connectivity index (χ2n) is 0.991. The fraction of sp³-hybridized carbons (Fsp3) is 1.00. The normalized spacial score (nSPS) is 16.7. The van der Waals surface area contributed by atoms with E-state index in [0.717, 1.165) is 6.54 Å². The molecule has 2 N–H and O–H groups in total. The Morgan fingerprint density at radius 2 is 2.50 bits per heavy atom. The summed E-state index contributed by atoms with van der Waals surface area (Å²) in [5, 5.41) is 5.57. The second-order valence-corrected chi connectivity index (χ2v) is 0.991. The first-order valence-corrected chi connectivity index (χ1v) is 2.14. The molecule has 0 saturated heterocycles. The van der Waals surface area contributed by atoms with Crippen LogP contribution in [0.15, 0.2) is 0 Å². The molecule has 2 heteroatoms. The molecule has 38 valence electrons. The van der Waals surface area contributed by atoms with Gasteiger partial charge in [-0.2, -0.15) is 0 Å². The largest absolute Gasteiger partial charge is 0.308 e. The monoisotopic (exact) mass is 90.1 g/mol. The van der Waals surface area contributed by atoms with Crippen LogP contribution in [0.4, 0.5) is 0 Å². The van der Waals surface area contributed by atoms with Crippen molar-refractivity contribution in [2.45, 2.75) is 6.92 Å². The Morgan fingerprint density at radius 3 is 2.67 bits per heavy atom. The van der Waals surface area contributed by atoms with Crippen molar-refractivity contribution in [2.75, 3.05) is 20.2 Å². The zero-order chi connectivity index (χ0) is 5.70. The van der Waals surface area contributed by atoms with Crippen LogP contribution in [0.1, 0.15) is 8.29 Å². The first-order chi connectivity index (χ1) is 3.31. The molecular weight excluding hydrogens is 76.1 g/mol. The van der Waals surface area contributed by atoms with Crippen molar-refractivity contribution in [3.63, 3.8) is 0 Å². The third kappa shape index (κ3) is 3.92. The quantitative estimate of drug-likeness (QED) is 0.468. The van der Waals surface area contributed by atoms with Gasteiger partial charge < -0.3 is 10.6 Å². The summed E-state index contributed by atoms with van der Waals surface area (Å²) in [4.78, 5) is 0. The number of rotatable bonds is 3. The van der Waals surface area contributed by atoms with Crippen molar-refractivity contribution in [3.05, 3.63) is 0 Å². The molecule has 0 rings (SSSR count). The van der Waals surface area contributed by atoms with E-state index in [1.54, 1.807) is 7.05 Å². The van der Waals surface area contributed by atoms with Gasteiger partial charge in [-0.1, -0.05) is 6.92 Å². The van der Waals surface area contributed by atoms with Crippen LogP contribution in [0.5, 0.6) is 0 Å². The molecule has 0 radical (unpaired) electrons. The number of nitrogens with one attached hydrogen (secondary N) is 2. The Hall–Kier alpha value is -0.0800. The van der Waals surface area contributed by atoms with E-state index < -0.39 is 0 Å². The molecule has 2 nitrogen and oxygen atoms in total. The van der Waals surface area contributed by atoms with Crippen LogP contribution in [0, 0.1) is 0 Å². The van der Waals surface area contributed by atoms with Crippen LogP contribution in [-0.4, -0.2) is 20.2 Å². The molecule has 0 aromatic carbocycles. The van der Waals surface area contributed by atoms with Crippen molar-refractivity contribution in [3.8, 4) is 0 Å². The first kappa shape index (κ1) is 4.09. The van der Waals surface area contributed by atoms with Crippen molar-refractivity contribution in [2.24, 2.45) is 0 Å². The Bertz CT molecular complexity index is 40.7. The van der Waals surface area contributed by atoms with Crippen LogP contribution < -0.4 is 10.6 Å². The summed E-state index contributed by atoms with van der Waals surface area (Å²) in [5.74, 6) is 0. The van der Waals surface area contributed by atoms with Gasteiger partial charge in [-0.3, -0.25) is 0 Å². The lowest BCUT2D eigenvalue weighted by atomic mass is 10.7. The highest BCUT2D eigenvalue weighted by atomic mass is 15.0. The fourth-order valence-electron chi connectivity index (χ4n) is 0.204. The molecule has 0 amide bonds. The molecule has 0 heterocycles. The van der Waals surface area contributed by atoms with Crippen molar-refractivity contribution >= 4 is 0 Å². The summed E-state index contributed by atoms with van der Waals surface area (Å²) in [6.45, 7) is 2.51. The Morgan fingerprint density at radius 1 is 1.83 bits per heavy atom. The van der Waals surface area contributed by atoms with Gasteiger partial charge in [0.25, 0.3) is 0 Å². The van der Waals surface area contributed by atoms with E-state index in [1.165, 1.54) is 0 Å². The maximum Gasteiger partial charge on any atom is 0.0597 e. The van der Waals surface area contributed by atoms with Gasteiger partial charge in [-0.15, -0.1) is 0 Å². The van der Waals surface area contributed by atoms with E-state index in [4.69, 9.17) is 1.37 Å². The Balaban J connectivity index is 2.83. The summed E-state index contributed by atoms with van der Waals surface area (Å²) in [7, 11) is 1.75. The second kappa shape index (κ2) is 4.92. The highest BCUT2D eigenvalue weighted by molar-refractivity contribution is 4.31. The smallest absolute Gasteiger partial charge is 0.0597 e. The molecular formula is C4H12N2. The predicted molar refractivity (Wildman–Crippen MR) is 27.6 cm³/mol. The summed E-state index contributed by atoms with van der Waals surface area (Å²) in [5.41, 5.74) is 0. The lowest BCUT2D eigenvalue weighted by Crippen LogP contribution is -2.24. The molecule has 0 bridgehead atoms. The average molecular weight is 90.2 g/mol. The Kier molecular flexibility index (Phi) is 3.35. The van der Waals surface area contributed by atoms with E-state index in [2.05, 4.69) is 10.6 Å². The molecule has 0 aliphatic carbocycles. The molecule has 6 heavy (non-hydrogen) atoms. The van der Waals surface area contributed by atoms with E-state index in [-0.39, 0.29) is 6.64 Å². The van der Waals surface area contributed by atoms with Crippen LogP contribution in [0.25, 0.3) is 0 Å². The minimum atomic E-state index is -0.301. The van der Waals surface area contributed by atoms with Gasteiger partial charge in [0.1, 0.15) is 0 Å². The summed E-state index contributed by atoms with van der Waals surface area (Å²) in [6.07, 6.45) is 0. The first-order valence-electron chi connectivity index (χ1n) is 2.72. The van der Waals surface area contributed by atoms with Gasteiger partial charge in [0.05, 0.1) is 1.37 Å². The third-order valence-corrected chi connectivity index (χ3v) is 0.451. The zero-order valence-corrected chi connectivity index (χ0v) is 4.28. The molecule has 0 fully saturated rings. The molecule has 0 aromatic heterocycles. The summed E-state index contributed by atoms with van der Waals surface area (Å²) >= 11 is 0. The van der Waals surface area contributed by atoms with E-state index in [9.17, 15) is 0 Å². The zero-order valence-electron chi connectivity index (χ0n) is 5.28. The SMILES string of the molecule is [3H]C(NC)NCC. The van der Waals surface area contributed by atoms with E-state index >= 15 is 0 Å². The van der Waals surface area contributed by atoms with Crippen LogP contribution >= 0.6 is 0 Å². The van der Waals surface area contributed by atoms with Gasteiger partial charge in [0, 0.05) is 6.64 Å². The highest BCUT2D eigenvalue weighted by Crippen LogP contribution is 1.44. The fourth-order valence-corrected chi connectivity index (χ4v) is 0.204. The van der Waals surface area contributed by atoms with Crippen molar-refractivity contribution in [1.29, 1.82) is 0 Å². The van der Waals surface area contributed by atoms with Crippen LogP contribution in [0.3, 0.4) is 0 Å². The minimum absolute atomic E-state index is 0.301. The van der Waals surface area contributed by atoms with Crippen molar-refractivity contribution in [1.82, 2.24) is 10.6 Å². The third-order valence-electron chi connectivity index (χ3n) is 0.451. The van der Waals surface area contributed by atoms with Gasteiger partial charge in [0.15, 0.2) is 0 Å². The molecule has 0 aliphatic rings. The predicted octanol–water partition coefficient (Wildman–Crippen LogP) is -0.227. The van der Waals surface area contributed by atoms with Crippen LogP contribution in [0.2, 0.25) is 0 Å². The van der Waals surface area contributed by atoms with Gasteiger partial charge in [0.2, 0.25) is 0 Å². The van der Waals surface area contributed by atoms with Gasteiger partial charge in [-0.25, -0.2) is 0 Å². The molecule has 0 aromatic rings. The van der Waals surface area contributed by atoms with E-state index in [1.807, 2.05) is 6.92 Å². The topological polar surface area (TPSA) is 24.1 Å². The molecule has 0 saturated carbocycles. The average Bonchev–Trinajstić information content (AvgIpc) is 1.68. The molecule has 0 spiro atoms. The maximum absolute atomic E-state index is 7.00. The Labute approximate surface area is 40.3 Å². The summed E-state index contributed by atoms with van der Waals surface area (Å²) < 4.78 is 7.00. The number of hydrogen-bond acceptors (Lipinski definition) is 2. The lowest BCUT2D eigenvalue weighted by molar-refractivity contribution is 0.655. The lowest BCUT2D eigenvalue weighted by Gasteiger charge is -1.94. The highest BCUT2D eigenvalue weighted by Gasteiger charge is 1.68. The standard InChI is InChI=1S/C4H12N2/c1-3-6-4-5-2/h5-6H,3-4H2,1-2H3/i4T. The molecule has 1 atom stereocenters. The van der Waals surface area contributed by atoms with Gasteiger partial charge in [-0.05, 0) is 13.6 Å². The molecule has 1 unspecified atom stereocenters. The summed E-state index contributed by atoms with van der Waals surface area (Å²) in [6, 6.07) is 0. The van der Waals surface area contributed by atoms with Crippen LogP contribution in [-0.2, 0) is 0 Å². The van der Waals surface area contributed by atoms with E-state index in [0.29, 0.717) is 0 Å².